The molecule has 0 fully saturated rings. The first kappa shape index (κ1) is 16.3. The van der Waals surface area contributed by atoms with Gasteiger partial charge in [-0.2, -0.15) is 0 Å². The molecule has 1 rings (SSSR count). The van der Waals surface area contributed by atoms with Crippen molar-refractivity contribution < 1.29 is 37.3 Å². The van der Waals surface area contributed by atoms with E-state index < -0.39 is 23.6 Å². The molecule has 0 amide bonds. The molecule has 0 unspecified atom stereocenters. The summed E-state index contributed by atoms with van der Waals surface area (Å²) in [6.45, 7) is 1.53. The Kier molecular flexibility index (Phi) is 5.37. The highest BCUT2D eigenvalue weighted by Crippen LogP contribution is 2.35. The molecule has 9 heteroatoms. The number of benzene rings is 1. The minimum atomic E-state index is -4.94. The van der Waals surface area contributed by atoms with Crippen LogP contribution in [-0.2, 0) is 9.68 Å². The molecule has 0 aromatic heterocycles. The first-order valence-corrected chi connectivity index (χ1v) is 5.98. The third kappa shape index (κ3) is 4.72. The summed E-state index contributed by atoms with van der Waals surface area (Å²) in [5.41, 5.74) is -0.409. The number of aldehydes is 1. The molecule has 0 aliphatic rings. The fourth-order valence-electron chi connectivity index (χ4n) is 1.07. The number of hydrogen-bond acceptors (Lipinski definition) is 5. The van der Waals surface area contributed by atoms with E-state index in [2.05, 4.69) is 30.4 Å². The van der Waals surface area contributed by atoms with Crippen molar-refractivity contribution in [3.05, 3.63) is 22.2 Å². The molecule has 0 radical (unpaired) electrons. The number of halogens is 4. The van der Waals surface area contributed by atoms with Crippen LogP contribution in [0.4, 0.5) is 13.2 Å². The van der Waals surface area contributed by atoms with Gasteiger partial charge in [0, 0.05) is 12.5 Å². The summed E-state index contributed by atoms with van der Waals surface area (Å²) in [5, 5.41) is 0. The van der Waals surface area contributed by atoms with E-state index in [1.165, 1.54) is 6.92 Å². The van der Waals surface area contributed by atoms with Gasteiger partial charge in [0.15, 0.2) is 12.0 Å². The number of rotatable bonds is 5. The van der Waals surface area contributed by atoms with Crippen molar-refractivity contribution in [2.75, 3.05) is 0 Å². The van der Waals surface area contributed by atoms with Crippen molar-refractivity contribution in [2.45, 2.75) is 19.7 Å². The Morgan fingerprint density at radius 1 is 1.35 bits per heavy atom. The van der Waals surface area contributed by atoms with E-state index in [0.717, 1.165) is 12.1 Å². The van der Waals surface area contributed by atoms with Crippen LogP contribution in [0.25, 0.3) is 0 Å². The average Bonchev–Trinajstić information content (AvgIpc) is 2.35. The molecule has 20 heavy (non-hydrogen) atoms. The van der Waals surface area contributed by atoms with Crippen LogP contribution in [0.1, 0.15) is 23.7 Å². The lowest BCUT2D eigenvalue weighted by Crippen LogP contribution is -2.18. The van der Waals surface area contributed by atoms with Crippen molar-refractivity contribution in [3.63, 3.8) is 0 Å². The first-order chi connectivity index (χ1) is 9.26. The Hall–Kier alpha value is -1.77. The van der Waals surface area contributed by atoms with E-state index in [0.29, 0.717) is 0 Å². The highest BCUT2D eigenvalue weighted by Gasteiger charge is 2.32. The minimum absolute atomic E-state index is 0.0197. The van der Waals surface area contributed by atoms with Gasteiger partial charge in [-0.15, -0.1) is 13.2 Å². The molecule has 0 heterocycles. The second-order valence-electron chi connectivity index (χ2n) is 3.38. The lowest BCUT2D eigenvalue weighted by Gasteiger charge is -2.13. The standard InChI is InChI=1S/C11H8BrF3O5/c1-2-10(17)20-19-9-3-6(5-16)8(4-7(9)12)18-11(13,14)15/h3-5H,2H2,1H3. The van der Waals surface area contributed by atoms with E-state index in [1.807, 2.05) is 0 Å². The van der Waals surface area contributed by atoms with E-state index in [1.54, 1.807) is 0 Å². The Labute approximate surface area is 119 Å². The third-order valence-corrected chi connectivity index (χ3v) is 2.55. The first-order valence-electron chi connectivity index (χ1n) is 5.18. The Bertz CT molecular complexity index is 516. The fraction of sp³-hybridized carbons (Fsp3) is 0.273. The molecule has 0 saturated carbocycles. The number of carbonyl (C=O) groups excluding carboxylic acids is 2. The van der Waals surface area contributed by atoms with Crippen LogP contribution in [0.15, 0.2) is 16.6 Å². The zero-order valence-corrected chi connectivity index (χ0v) is 11.6. The molecule has 0 spiro atoms. The molecule has 1 aromatic carbocycles. The maximum absolute atomic E-state index is 12.1. The molecule has 110 valence electrons. The second kappa shape index (κ2) is 6.60. The molecular formula is C11H8BrF3O5. The molecule has 0 aliphatic heterocycles. The number of carbonyl (C=O) groups is 2. The van der Waals surface area contributed by atoms with Gasteiger partial charge in [0.1, 0.15) is 5.75 Å². The quantitative estimate of drug-likeness (QED) is 0.459. The Morgan fingerprint density at radius 3 is 2.50 bits per heavy atom. The van der Waals surface area contributed by atoms with Crippen LogP contribution in [0.2, 0.25) is 0 Å². The molecule has 0 aliphatic carbocycles. The monoisotopic (exact) mass is 356 g/mol. The summed E-state index contributed by atoms with van der Waals surface area (Å²) < 4.78 is 40.1. The van der Waals surface area contributed by atoms with Crippen LogP contribution in [-0.4, -0.2) is 18.6 Å². The van der Waals surface area contributed by atoms with E-state index >= 15 is 0 Å². The highest BCUT2D eigenvalue weighted by molar-refractivity contribution is 9.10. The van der Waals surface area contributed by atoms with Crippen LogP contribution >= 0.6 is 15.9 Å². The van der Waals surface area contributed by atoms with Crippen molar-refractivity contribution in [3.8, 4) is 11.5 Å². The van der Waals surface area contributed by atoms with Gasteiger partial charge in [-0.3, -0.25) is 14.6 Å². The Balaban J connectivity index is 3.00. The smallest absolute Gasteiger partial charge is 0.405 e. The number of alkyl halides is 3. The summed E-state index contributed by atoms with van der Waals surface area (Å²) in [7, 11) is 0. The van der Waals surface area contributed by atoms with Gasteiger partial charge in [-0.25, -0.2) is 4.79 Å². The zero-order chi connectivity index (χ0) is 15.3. The van der Waals surface area contributed by atoms with Crippen molar-refractivity contribution in [1.29, 1.82) is 0 Å². The average molecular weight is 357 g/mol. The topological polar surface area (TPSA) is 61.8 Å². The van der Waals surface area contributed by atoms with Crippen molar-refractivity contribution in [2.24, 2.45) is 0 Å². The SMILES string of the molecule is CCC(=O)OOc1cc(C=O)c(OC(F)(F)F)cc1Br. The highest BCUT2D eigenvalue weighted by atomic mass is 79.9. The second-order valence-corrected chi connectivity index (χ2v) is 4.23. The molecule has 0 atom stereocenters. The number of hydrogen-bond donors (Lipinski definition) is 0. The summed E-state index contributed by atoms with van der Waals surface area (Å²) in [5.74, 6) is -1.52. The lowest BCUT2D eigenvalue weighted by molar-refractivity contribution is -0.274. The molecule has 5 nitrogen and oxygen atoms in total. The lowest BCUT2D eigenvalue weighted by atomic mass is 10.2. The van der Waals surface area contributed by atoms with Gasteiger partial charge in [0.05, 0.1) is 10.0 Å². The Morgan fingerprint density at radius 2 is 2.00 bits per heavy atom. The van der Waals surface area contributed by atoms with Gasteiger partial charge in [-0.05, 0) is 22.0 Å². The summed E-state index contributed by atoms with van der Waals surface area (Å²) in [4.78, 5) is 30.6. The van der Waals surface area contributed by atoms with Gasteiger partial charge >= 0.3 is 12.3 Å². The van der Waals surface area contributed by atoms with Gasteiger partial charge in [-0.1, -0.05) is 6.92 Å². The fourth-order valence-corrected chi connectivity index (χ4v) is 1.46. The van der Waals surface area contributed by atoms with Crippen LogP contribution in [0, 0.1) is 0 Å². The van der Waals surface area contributed by atoms with Gasteiger partial charge < -0.3 is 4.74 Å². The van der Waals surface area contributed by atoms with E-state index in [-0.39, 0.29) is 22.9 Å². The molecular weight excluding hydrogens is 349 g/mol. The normalized spacial score (nSPS) is 10.8. The van der Waals surface area contributed by atoms with E-state index in [4.69, 9.17) is 0 Å². The third-order valence-electron chi connectivity index (χ3n) is 1.93. The van der Waals surface area contributed by atoms with Gasteiger partial charge in [0.2, 0.25) is 0 Å². The molecule has 0 saturated heterocycles. The van der Waals surface area contributed by atoms with Crippen LogP contribution in [0.3, 0.4) is 0 Å². The number of ether oxygens (including phenoxy) is 1. The minimum Gasteiger partial charge on any atom is -0.405 e. The maximum atomic E-state index is 12.1. The summed E-state index contributed by atoms with van der Waals surface area (Å²) in [6, 6.07) is 1.83. The summed E-state index contributed by atoms with van der Waals surface area (Å²) >= 11 is 2.91. The molecule has 1 aromatic rings. The van der Waals surface area contributed by atoms with Crippen molar-refractivity contribution in [1.82, 2.24) is 0 Å². The van der Waals surface area contributed by atoms with Gasteiger partial charge in [0.25, 0.3) is 0 Å². The predicted octanol–water partition coefficient (Wildman–Crippen LogP) is 3.41. The predicted molar refractivity (Wildman–Crippen MR) is 63.2 cm³/mol. The summed E-state index contributed by atoms with van der Waals surface area (Å²) in [6.07, 6.45) is -4.73. The largest absolute Gasteiger partial charge is 0.573 e. The molecule has 0 bridgehead atoms. The van der Waals surface area contributed by atoms with Crippen LogP contribution in [0.5, 0.6) is 11.5 Å². The van der Waals surface area contributed by atoms with E-state index in [9.17, 15) is 22.8 Å². The molecule has 0 N–H and O–H groups in total. The van der Waals surface area contributed by atoms with Crippen LogP contribution < -0.4 is 9.62 Å². The zero-order valence-electron chi connectivity index (χ0n) is 9.99. The van der Waals surface area contributed by atoms with Crippen molar-refractivity contribution >= 4 is 28.2 Å². The maximum Gasteiger partial charge on any atom is 0.573 e.